The molecule has 140 valence electrons. The van der Waals surface area contributed by atoms with Crippen LogP contribution >= 0.6 is 0 Å². The van der Waals surface area contributed by atoms with Gasteiger partial charge in [0.05, 0.1) is 5.52 Å². The lowest BCUT2D eigenvalue weighted by Crippen LogP contribution is -2.23. The van der Waals surface area contributed by atoms with Gasteiger partial charge in [0.15, 0.2) is 0 Å². The maximum absolute atomic E-state index is 12.7. The van der Waals surface area contributed by atoms with Crippen LogP contribution in [0.4, 0.5) is 0 Å². The number of pyridine rings is 2. The smallest absolute Gasteiger partial charge is 0.341 e. The van der Waals surface area contributed by atoms with Gasteiger partial charge in [-0.15, -0.1) is 0 Å². The molecule has 0 saturated heterocycles. The molecule has 0 radical (unpaired) electrons. The van der Waals surface area contributed by atoms with Crippen LogP contribution < -0.4 is 10.9 Å². The van der Waals surface area contributed by atoms with Crippen LogP contribution in [0.5, 0.6) is 0 Å². The van der Waals surface area contributed by atoms with Crippen molar-refractivity contribution in [1.82, 2.24) is 9.72 Å². The molecule has 28 heavy (non-hydrogen) atoms. The van der Waals surface area contributed by atoms with Crippen LogP contribution in [0.1, 0.15) is 56.2 Å². The zero-order valence-electron chi connectivity index (χ0n) is 15.3. The second-order valence-electron chi connectivity index (χ2n) is 7.53. The lowest BCUT2D eigenvalue weighted by Gasteiger charge is -2.15. The number of nitrogens with one attached hydrogen (secondary N) is 1. The van der Waals surface area contributed by atoms with Crippen LogP contribution in [-0.4, -0.2) is 21.4 Å². The quantitative estimate of drug-likeness (QED) is 0.737. The van der Waals surface area contributed by atoms with Gasteiger partial charge in [0, 0.05) is 18.3 Å². The van der Waals surface area contributed by atoms with E-state index < -0.39 is 11.5 Å². The molecule has 3 heterocycles. The van der Waals surface area contributed by atoms with E-state index in [0.29, 0.717) is 12.1 Å². The molecule has 0 atom stereocenters. The fourth-order valence-electron chi connectivity index (χ4n) is 4.15. The maximum Gasteiger partial charge on any atom is 0.341 e. The van der Waals surface area contributed by atoms with Crippen molar-refractivity contribution in [2.45, 2.75) is 32.2 Å². The Morgan fingerprint density at radius 3 is 2.64 bits per heavy atom. The number of benzene rings is 1. The van der Waals surface area contributed by atoms with Crippen molar-refractivity contribution in [1.29, 1.82) is 0 Å². The van der Waals surface area contributed by atoms with Gasteiger partial charge < -0.3 is 10.4 Å². The first-order valence-corrected chi connectivity index (χ1v) is 9.29. The third-order valence-corrected chi connectivity index (χ3v) is 5.77. The molecular weight excluding hydrogens is 356 g/mol. The molecule has 3 aromatic rings. The molecule has 2 N–H and O–H groups in total. The fraction of sp³-hybridized carbons (Fsp3) is 0.227. The Kier molecular flexibility index (Phi) is 3.46. The molecule has 2 aliphatic rings. The number of aromatic nitrogens is 1. The number of carbonyl (C=O) groups excluding carboxylic acids is 1. The van der Waals surface area contributed by atoms with Crippen LogP contribution in [0, 0.1) is 6.92 Å². The van der Waals surface area contributed by atoms with Crippen molar-refractivity contribution in [3.8, 4) is 11.1 Å². The molecule has 5 rings (SSSR count). The zero-order valence-corrected chi connectivity index (χ0v) is 15.3. The number of aryl methyl sites for hydroxylation is 1. The third kappa shape index (κ3) is 2.37. The minimum atomic E-state index is -1.20. The van der Waals surface area contributed by atoms with Crippen molar-refractivity contribution >= 4 is 17.4 Å². The predicted octanol–water partition coefficient (Wildman–Crippen LogP) is 3.09. The number of carboxylic acid groups (broad SMARTS) is 1. The second-order valence-corrected chi connectivity index (χ2v) is 7.53. The van der Waals surface area contributed by atoms with E-state index in [9.17, 15) is 19.5 Å². The van der Waals surface area contributed by atoms with E-state index in [2.05, 4.69) is 5.32 Å². The Labute approximate surface area is 160 Å². The summed E-state index contributed by atoms with van der Waals surface area (Å²) in [6, 6.07) is 9.19. The average molecular weight is 374 g/mol. The molecule has 0 spiro atoms. The lowest BCUT2D eigenvalue weighted by atomic mass is 9.94. The highest BCUT2D eigenvalue weighted by atomic mass is 16.4. The molecule has 6 nitrogen and oxygen atoms in total. The van der Waals surface area contributed by atoms with E-state index in [1.807, 2.05) is 31.2 Å². The standard InChI is InChI=1S/C22H18N2O4/c1-11-15(13-4-5-14-10-23-20(25)17(14)8-13)6-7-24-19(11)16(12-2-3-12)9-18(21(24)26)22(27)28/h4-9,12H,2-3,10H2,1H3,(H,23,25)(H,27,28). The highest BCUT2D eigenvalue weighted by molar-refractivity contribution is 5.99. The molecular formula is C22H18N2O4. The Bertz CT molecular complexity index is 1250. The van der Waals surface area contributed by atoms with Crippen molar-refractivity contribution in [2.24, 2.45) is 0 Å². The number of carboxylic acids is 1. The molecule has 0 unspecified atom stereocenters. The summed E-state index contributed by atoms with van der Waals surface area (Å²) >= 11 is 0. The van der Waals surface area contributed by atoms with Crippen LogP contribution in [0.25, 0.3) is 16.6 Å². The molecule has 2 aromatic heterocycles. The van der Waals surface area contributed by atoms with Crippen LogP contribution in [0.15, 0.2) is 41.3 Å². The van der Waals surface area contributed by atoms with Gasteiger partial charge in [-0.25, -0.2) is 4.79 Å². The molecule has 1 aromatic carbocycles. The molecule has 1 saturated carbocycles. The van der Waals surface area contributed by atoms with E-state index in [-0.39, 0.29) is 17.4 Å². The predicted molar refractivity (Wildman–Crippen MR) is 104 cm³/mol. The zero-order chi connectivity index (χ0) is 19.6. The topological polar surface area (TPSA) is 87.9 Å². The number of amides is 1. The van der Waals surface area contributed by atoms with Gasteiger partial charge in [-0.1, -0.05) is 12.1 Å². The van der Waals surface area contributed by atoms with Gasteiger partial charge in [-0.3, -0.25) is 14.0 Å². The highest BCUT2D eigenvalue weighted by Gasteiger charge is 2.29. The van der Waals surface area contributed by atoms with Crippen molar-refractivity contribution < 1.29 is 14.7 Å². The van der Waals surface area contributed by atoms with Gasteiger partial charge in [-0.05, 0) is 71.7 Å². The third-order valence-electron chi connectivity index (χ3n) is 5.77. The fourth-order valence-corrected chi connectivity index (χ4v) is 4.15. The highest BCUT2D eigenvalue weighted by Crippen LogP contribution is 2.43. The first-order chi connectivity index (χ1) is 13.5. The summed E-state index contributed by atoms with van der Waals surface area (Å²) in [4.78, 5) is 36.2. The number of hydrogen-bond acceptors (Lipinski definition) is 3. The summed E-state index contributed by atoms with van der Waals surface area (Å²) in [5.41, 5.74) is 5.40. The summed E-state index contributed by atoms with van der Waals surface area (Å²) in [7, 11) is 0. The van der Waals surface area contributed by atoms with E-state index in [1.54, 1.807) is 12.3 Å². The Balaban J connectivity index is 1.78. The number of hydrogen-bond donors (Lipinski definition) is 2. The maximum atomic E-state index is 12.7. The number of carbonyl (C=O) groups is 2. The number of nitrogens with zero attached hydrogens (tertiary/aromatic N) is 1. The molecule has 0 bridgehead atoms. The minimum Gasteiger partial charge on any atom is -0.477 e. The number of fused-ring (bicyclic) bond motifs is 2. The van der Waals surface area contributed by atoms with E-state index in [0.717, 1.165) is 46.2 Å². The van der Waals surface area contributed by atoms with Gasteiger partial charge in [0.25, 0.3) is 11.5 Å². The van der Waals surface area contributed by atoms with Gasteiger partial charge in [0.1, 0.15) is 5.56 Å². The van der Waals surface area contributed by atoms with E-state index in [4.69, 9.17) is 0 Å². The molecule has 1 aliphatic heterocycles. The summed E-state index contributed by atoms with van der Waals surface area (Å²) in [6.07, 6.45) is 3.64. The van der Waals surface area contributed by atoms with Crippen molar-refractivity contribution in [3.63, 3.8) is 0 Å². The molecule has 6 heteroatoms. The number of rotatable bonds is 3. The molecule has 1 fully saturated rings. The summed E-state index contributed by atoms with van der Waals surface area (Å²) in [5, 5.41) is 12.2. The van der Waals surface area contributed by atoms with Crippen LogP contribution in [0.2, 0.25) is 0 Å². The van der Waals surface area contributed by atoms with E-state index in [1.165, 1.54) is 4.40 Å². The normalized spacial score (nSPS) is 15.5. The van der Waals surface area contributed by atoms with Crippen LogP contribution in [0.3, 0.4) is 0 Å². The first kappa shape index (κ1) is 16.7. The minimum absolute atomic E-state index is 0.0729. The number of aromatic carboxylic acids is 1. The van der Waals surface area contributed by atoms with Crippen molar-refractivity contribution in [3.05, 3.63) is 74.7 Å². The first-order valence-electron chi connectivity index (χ1n) is 9.29. The monoisotopic (exact) mass is 374 g/mol. The second kappa shape index (κ2) is 5.79. The summed E-state index contributed by atoms with van der Waals surface area (Å²) < 4.78 is 1.45. The van der Waals surface area contributed by atoms with Crippen molar-refractivity contribution in [2.75, 3.05) is 0 Å². The Morgan fingerprint density at radius 1 is 1.14 bits per heavy atom. The summed E-state index contributed by atoms with van der Waals surface area (Å²) in [5.74, 6) is -0.989. The van der Waals surface area contributed by atoms with Crippen LogP contribution in [-0.2, 0) is 6.54 Å². The largest absolute Gasteiger partial charge is 0.477 e. The van der Waals surface area contributed by atoms with Gasteiger partial charge >= 0.3 is 5.97 Å². The molecule has 1 aliphatic carbocycles. The van der Waals surface area contributed by atoms with Gasteiger partial charge in [0.2, 0.25) is 0 Å². The van der Waals surface area contributed by atoms with E-state index >= 15 is 0 Å². The summed E-state index contributed by atoms with van der Waals surface area (Å²) in [6.45, 7) is 2.49. The lowest BCUT2D eigenvalue weighted by molar-refractivity contribution is 0.0694. The molecule has 1 amide bonds. The average Bonchev–Trinajstić information content (AvgIpc) is 3.46. The Morgan fingerprint density at radius 2 is 1.93 bits per heavy atom. The van der Waals surface area contributed by atoms with Gasteiger partial charge in [-0.2, -0.15) is 0 Å². The Hall–Kier alpha value is -3.41. The SMILES string of the molecule is Cc1c(-c2ccc3c(c2)C(=O)NC3)ccn2c(=O)c(C(=O)O)cc(C3CC3)c12.